The van der Waals surface area contributed by atoms with E-state index in [2.05, 4.69) is 20.9 Å². The Balaban J connectivity index is 1.84. The zero-order valence-electron chi connectivity index (χ0n) is 12.9. The van der Waals surface area contributed by atoms with Crippen LogP contribution >= 0.6 is 11.6 Å². The predicted octanol–water partition coefficient (Wildman–Crippen LogP) is 2.75. The van der Waals surface area contributed by atoms with Crippen LogP contribution in [0.3, 0.4) is 0 Å². The normalized spacial score (nSPS) is 12.7. The molecular weight excluding hydrogens is 332 g/mol. The largest absolute Gasteiger partial charge is 0.466 e. The van der Waals surface area contributed by atoms with Gasteiger partial charge >= 0.3 is 0 Å². The van der Waals surface area contributed by atoms with Gasteiger partial charge in [0, 0.05) is 17.8 Å². The highest BCUT2D eigenvalue weighted by Gasteiger charge is 2.19. The van der Waals surface area contributed by atoms with Crippen LogP contribution in [0.15, 0.2) is 30.5 Å². The Morgan fingerprint density at radius 1 is 1.38 bits per heavy atom. The van der Waals surface area contributed by atoms with Crippen molar-refractivity contribution in [1.29, 1.82) is 0 Å². The number of amides is 2. The second kappa shape index (κ2) is 6.76. The number of carbonyl (C=O) groups excluding carboxylic acids is 2. The average molecular weight is 347 g/mol. The predicted molar refractivity (Wildman–Crippen MR) is 91.9 cm³/mol. The zero-order chi connectivity index (χ0) is 17.1. The van der Waals surface area contributed by atoms with Crippen LogP contribution in [0, 0.1) is 0 Å². The molecule has 124 valence electrons. The molecule has 0 bridgehead atoms. The molecule has 3 N–H and O–H groups in total. The highest BCUT2D eigenvalue weighted by Crippen LogP contribution is 2.28. The van der Waals surface area contributed by atoms with Crippen molar-refractivity contribution in [2.24, 2.45) is 0 Å². The molecule has 1 aliphatic heterocycles. The van der Waals surface area contributed by atoms with E-state index in [9.17, 15) is 9.59 Å². The summed E-state index contributed by atoms with van der Waals surface area (Å²) in [6.07, 6.45) is 1.39. The number of carbonyl (C=O) groups is 2. The van der Waals surface area contributed by atoms with Gasteiger partial charge in [-0.05, 0) is 31.2 Å². The summed E-state index contributed by atoms with van der Waals surface area (Å²) in [4.78, 5) is 27.9. The van der Waals surface area contributed by atoms with Crippen molar-refractivity contribution < 1.29 is 14.3 Å². The van der Waals surface area contributed by atoms with Crippen LogP contribution in [0.1, 0.15) is 17.3 Å². The smallest absolute Gasteiger partial charge is 0.262 e. The Morgan fingerprint density at radius 2 is 2.21 bits per heavy atom. The molecule has 1 aromatic carbocycles. The Kier molecular flexibility index (Phi) is 4.52. The second-order valence-electron chi connectivity index (χ2n) is 5.09. The molecule has 2 amide bonds. The number of ether oxygens (including phenoxy) is 1. The molecule has 3 rings (SSSR count). The maximum absolute atomic E-state index is 12.5. The summed E-state index contributed by atoms with van der Waals surface area (Å²) in [5.74, 6) is -0.361. The summed E-state index contributed by atoms with van der Waals surface area (Å²) in [5, 5.41) is 9.07. The van der Waals surface area contributed by atoms with Crippen molar-refractivity contribution in [3.8, 4) is 5.88 Å². The first-order chi connectivity index (χ1) is 11.6. The van der Waals surface area contributed by atoms with E-state index >= 15 is 0 Å². The van der Waals surface area contributed by atoms with Crippen LogP contribution in [0.25, 0.3) is 0 Å². The van der Waals surface area contributed by atoms with Gasteiger partial charge in [-0.25, -0.2) is 4.98 Å². The lowest BCUT2D eigenvalue weighted by Gasteiger charge is -2.17. The fourth-order valence-corrected chi connectivity index (χ4v) is 2.43. The number of anilines is 3. The highest BCUT2D eigenvalue weighted by molar-refractivity contribution is 6.31. The van der Waals surface area contributed by atoms with Crippen LogP contribution < -0.4 is 20.7 Å². The van der Waals surface area contributed by atoms with E-state index in [-0.39, 0.29) is 18.4 Å². The van der Waals surface area contributed by atoms with Gasteiger partial charge in [0.05, 0.1) is 16.9 Å². The van der Waals surface area contributed by atoms with Gasteiger partial charge in [0.1, 0.15) is 5.69 Å². The molecule has 0 atom stereocenters. The maximum Gasteiger partial charge on any atom is 0.262 e. The molecule has 0 saturated carbocycles. The highest BCUT2D eigenvalue weighted by atomic mass is 35.5. The van der Waals surface area contributed by atoms with Crippen LogP contribution in [0.5, 0.6) is 5.88 Å². The molecule has 0 fully saturated rings. The van der Waals surface area contributed by atoms with Gasteiger partial charge < -0.3 is 20.7 Å². The molecule has 8 heteroatoms. The number of halogens is 1. The molecule has 1 aliphatic rings. The lowest BCUT2D eigenvalue weighted by molar-refractivity contribution is -0.118. The number of nitrogens with zero attached hydrogens (tertiary/aromatic N) is 1. The first-order valence-corrected chi connectivity index (χ1v) is 7.72. The number of hydrogen-bond acceptors (Lipinski definition) is 5. The topological polar surface area (TPSA) is 92.4 Å². The van der Waals surface area contributed by atoms with Gasteiger partial charge in [-0.2, -0.15) is 0 Å². The summed E-state index contributed by atoms with van der Waals surface area (Å²) in [7, 11) is 0. The molecule has 0 aliphatic carbocycles. The van der Waals surface area contributed by atoms with Crippen molar-refractivity contribution in [3.05, 3.63) is 41.0 Å². The Bertz CT molecular complexity index is 810. The van der Waals surface area contributed by atoms with Crippen molar-refractivity contribution in [3.63, 3.8) is 0 Å². The van der Waals surface area contributed by atoms with E-state index in [0.717, 1.165) is 5.69 Å². The number of fused-ring (bicyclic) bond motifs is 1. The minimum absolute atomic E-state index is 0.0832. The number of pyridine rings is 1. The monoisotopic (exact) mass is 346 g/mol. The van der Waals surface area contributed by atoms with Gasteiger partial charge in [-0.1, -0.05) is 11.6 Å². The first kappa shape index (κ1) is 16.1. The van der Waals surface area contributed by atoms with Crippen LogP contribution in [-0.2, 0) is 4.79 Å². The summed E-state index contributed by atoms with van der Waals surface area (Å²) in [5.41, 5.74) is 1.99. The summed E-state index contributed by atoms with van der Waals surface area (Å²) < 4.78 is 5.17. The number of rotatable bonds is 4. The zero-order valence-corrected chi connectivity index (χ0v) is 13.6. The maximum atomic E-state index is 12.5. The van der Waals surface area contributed by atoms with E-state index in [1.165, 1.54) is 12.3 Å². The van der Waals surface area contributed by atoms with Crippen molar-refractivity contribution in [2.45, 2.75) is 6.92 Å². The molecular formula is C16H15ClN4O3. The minimum atomic E-state index is -0.369. The van der Waals surface area contributed by atoms with Gasteiger partial charge in [-0.15, -0.1) is 0 Å². The molecule has 24 heavy (non-hydrogen) atoms. The quantitative estimate of drug-likeness (QED) is 0.791. The third-order valence-electron chi connectivity index (χ3n) is 3.32. The number of hydrogen-bond donors (Lipinski definition) is 3. The van der Waals surface area contributed by atoms with E-state index < -0.39 is 0 Å². The molecule has 0 radical (unpaired) electrons. The van der Waals surface area contributed by atoms with E-state index in [1.807, 2.05) is 6.92 Å². The van der Waals surface area contributed by atoms with Gasteiger partial charge in [0.2, 0.25) is 5.88 Å². The van der Waals surface area contributed by atoms with E-state index in [1.54, 1.807) is 18.2 Å². The number of nitrogens with one attached hydrogen (secondary N) is 3. The molecule has 1 aromatic heterocycles. The third-order valence-corrected chi connectivity index (χ3v) is 3.56. The summed E-state index contributed by atoms with van der Waals surface area (Å²) in [6.45, 7) is 2.57. The van der Waals surface area contributed by atoms with Crippen LogP contribution in [-0.4, -0.2) is 29.9 Å². The average Bonchev–Trinajstić information content (AvgIpc) is 2.56. The number of benzene rings is 1. The van der Waals surface area contributed by atoms with Gasteiger partial charge in [0.15, 0.2) is 6.61 Å². The van der Waals surface area contributed by atoms with Crippen molar-refractivity contribution in [1.82, 2.24) is 4.98 Å². The SMILES string of the molecule is CCNc1ccc(Cl)cc1NC(=O)c1cnc2c(c1)NC(=O)CO2. The molecule has 7 nitrogen and oxygen atoms in total. The van der Waals surface area contributed by atoms with Crippen molar-refractivity contribution >= 4 is 40.5 Å². The van der Waals surface area contributed by atoms with Crippen LogP contribution in [0.2, 0.25) is 5.02 Å². The van der Waals surface area contributed by atoms with E-state index in [4.69, 9.17) is 16.3 Å². The molecule has 0 unspecified atom stereocenters. The summed E-state index contributed by atoms with van der Waals surface area (Å²) in [6, 6.07) is 6.71. The van der Waals surface area contributed by atoms with E-state index in [0.29, 0.717) is 34.4 Å². The lowest BCUT2D eigenvalue weighted by Crippen LogP contribution is -2.26. The fourth-order valence-electron chi connectivity index (χ4n) is 2.26. The van der Waals surface area contributed by atoms with Gasteiger partial charge in [0.25, 0.3) is 11.8 Å². The van der Waals surface area contributed by atoms with Gasteiger partial charge in [-0.3, -0.25) is 9.59 Å². The molecule has 2 aromatic rings. The molecule has 0 spiro atoms. The fraction of sp³-hybridized carbons (Fsp3) is 0.188. The third kappa shape index (κ3) is 3.41. The first-order valence-electron chi connectivity index (χ1n) is 7.34. The standard InChI is InChI=1S/C16H15ClN4O3/c1-2-18-11-4-3-10(17)6-12(11)21-15(23)9-5-13-16(19-7-9)24-8-14(22)20-13/h3-7,18H,2,8H2,1H3,(H,20,22)(H,21,23). The summed E-state index contributed by atoms with van der Waals surface area (Å²) >= 11 is 6.00. The Morgan fingerprint density at radius 3 is 3.00 bits per heavy atom. The number of aromatic nitrogens is 1. The Labute approximate surface area is 143 Å². The van der Waals surface area contributed by atoms with Crippen LogP contribution in [0.4, 0.5) is 17.1 Å². The second-order valence-corrected chi connectivity index (χ2v) is 5.52. The molecule has 0 saturated heterocycles. The Hall–Kier alpha value is -2.80. The molecule has 2 heterocycles. The van der Waals surface area contributed by atoms with Crippen molar-refractivity contribution in [2.75, 3.05) is 29.1 Å². The minimum Gasteiger partial charge on any atom is -0.466 e. The lowest BCUT2D eigenvalue weighted by atomic mass is 10.2.